The van der Waals surface area contributed by atoms with Crippen LogP contribution in [0.15, 0.2) is 53.4 Å². The second-order valence-electron chi connectivity index (χ2n) is 5.35. The van der Waals surface area contributed by atoms with Crippen molar-refractivity contribution >= 4 is 11.4 Å². The van der Waals surface area contributed by atoms with Crippen LogP contribution in [0.5, 0.6) is 5.75 Å². The van der Waals surface area contributed by atoms with Crippen molar-refractivity contribution in [2.75, 3.05) is 7.11 Å². The normalized spacial score (nSPS) is 12.1. The molecule has 0 atom stereocenters. The molecule has 4 heteroatoms. The van der Waals surface area contributed by atoms with Crippen LogP contribution in [0.3, 0.4) is 0 Å². The Morgan fingerprint density at radius 1 is 1.41 bits per heavy atom. The first-order valence-corrected chi connectivity index (χ1v) is 7.55. The maximum Gasteiger partial charge on any atom is 0.140 e. The fourth-order valence-electron chi connectivity index (χ4n) is 2.10. The number of methoxy groups -OCH3 is 1. The van der Waals surface area contributed by atoms with Crippen LogP contribution in [0.2, 0.25) is 0 Å². The monoisotopic (exact) mass is 297 g/mol. The topological polar surface area (TPSA) is 38.9 Å². The molecule has 2 aromatic rings. The number of aliphatic imine (C=N–C) groups is 1. The highest BCUT2D eigenvalue weighted by molar-refractivity contribution is 6.08. The van der Waals surface area contributed by atoms with E-state index in [4.69, 9.17) is 4.74 Å². The molecule has 0 aromatic carbocycles. The lowest BCUT2D eigenvalue weighted by Gasteiger charge is -2.04. The summed E-state index contributed by atoms with van der Waals surface area (Å²) in [4.78, 5) is 9.05. The molecular formula is C18H23N3O. The molecule has 0 spiro atoms. The van der Waals surface area contributed by atoms with Gasteiger partial charge in [-0.3, -0.25) is 9.39 Å². The number of aromatic nitrogens is 2. The van der Waals surface area contributed by atoms with Crippen molar-refractivity contribution in [3.8, 4) is 5.75 Å². The van der Waals surface area contributed by atoms with Gasteiger partial charge in [-0.1, -0.05) is 25.0 Å². The Morgan fingerprint density at radius 2 is 2.23 bits per heavy atom. The highest BCUT2D eigenvalue weighted by Gasteiger charge is 2.08. The van der Waals surface area contributed by atoms with Crippen LogP contribution in [0, 0.1) is 0 Å². The minimum Gasteiger partial charge on any atom is -0.497 e. The fraction of sp³-hybridized carbons (Fsp3) is 0.333. The number of ether oxygens (including phenoxy) is 1. The Hall–Kier alpha value is -2.36. The van der Waals surface area contributed by atoms with Crippen molar-refractivity contribution in [2.24, 2.45) is 4.99 Å². The Balaban J connectivity index is 2.45. The molecule has 0 N–H and O–H groups in total. The van der Waals surface area contributed by atoms with Crippen LogP contribution < -0.4 is 4.74 Å². The number of imidazole rings is 1. The maximum absolute atomic E-state index is 5.24. The molecule has 0 saturated heterocycles. The van der Waals surface area contributed by atoms with Gasteiger partial charge in [0.1, 0.15) is 11.4 Å². The van der Waals surface area contributed by atoms with E-state index >= 15 is 0 Å². The highest BCUT2D eigenvalue weighted by atomic mass is 16.5. The third-order valence-electron chi connectivity index (χ3n) is 3.18. The van der Waals surface area contributed by atoms with Gasteiger partial charge in [0, 0.05) is 18.5 Å². The van der Waals surface area contributed by atoms with Crippen molar-refractivity contribution in [1.29, 1.82) is 0 Å². The van der Waals surface area contributed by atoms with Crippen LogP contribution in [-0.4, -0.2) is 22.2 Å². The average Bonchev–Trinajstić information content (AvgIpc) is 2.92. The van der Waals surface area contributed by atoms with Gasteiger partial charge in [0.25, 0.3) is 0 Å². The third-order valence-corrected chi connectivity index (χ3v) is 3.18. The van der Waals surface area contributed by atoms with Gasteiger partial charge in [0.15, 0.2) is 0 Å². The van der Waals surface area contributed by atoms with E-state index in [2.05, 4.69) is 42.9 Å². The first kappa shape index (κ1) is 16.0. The second kappa shape index (κ2) is 7.59. The molecule has 0 aliphatic rings. The number of unbranched alkanes of at least 4 members (excludes halogenated alkanes) is 1. The smallest absolute Gasteiger partial charge is 0.140 e. The Kier molecular flexibility index (Phi) is 5.53. The number of nitrogens with zero attached hydrogens (tertiary/aromatic N) is 3. The van der Waals surface area contributed by atoms with Crippen LogP contribution in [0.25, 0.3) is 5.65 Å². The Labute approximate surface area is 131 Å². The lowest BCUT2D eigenvalue weighted by molar-refractivity contribution is 0.414. The average molecular weight is 297 g/mol. The van der Waals surface area contributed by atoms with Gasteiger partial charge in [-0.25, -0.2) is 4.98 Å². The van der Waals surface area contributed by atoms with Gasteiger partial charge in [0.2, 0.25) is 0 Å². The molecule has 4 nitrogen and oxygen atoms in total. The van der Waals surface area contributed by atoms with E-state index < -0.39 is 0 Å². The lowest BCUT2D eigenvalue weighted by Crippen LogP contribution is -2.02. The van der Waals surface area contributed by atoms with Crippen LogP contribution >= 0.6 is 0 Å². The van der Waals surface area contributed by atoms with Gasteiger partial charge < -0.3 is 4.74 Å². The van der Waals surface area contributed by atoms with Gasteiger partial charge in [-0.05, 0) is 32.4 Å². The van der Waals surface area contributed by atoms with Crippen LogP contribution in [0.1, 0.15) is 39.3 Å². The van der Waals surface area contributed by atoms with Crippen molar-refractivity contribution in [3.63, 3.8) is 0 Å². The zero-order chi connectivity index (χ0) is 15.9. The first-order chi connectivity index (χ1) is 10.7. The fourth-order valence-corrected chi connectivity index (χ4v) is 2.10. The van der Waals surface area contributed by atoms with E-state index in [-0.39, 0.29) is 0 Å². The molecule has 0 radical (unpaired) electrons. The molecule has 0 bridgehead atoms. The first-order valence-electron chi connectivity index (χ1n) is 7.55. The highest BCUT2D eigenvalue weighted by Crippen LogP contribution is 2.16. The lowest BCUT2D eigenvalue weighted by atomic mass is 10.2. The quantitative estimate of drug-likeness (QED) is 0.741. The summed E-state index contributed by atoms with van der Waals surface area (Å²) in [5.74, 6) is 0.799. The molecule has 2 rings (SSSR count). The number of rotatable bonds is 6. The van der Waals surface area contributed by atoms with E-state index in [0.717, 1.165) is 35.6 Å². The minimum absolute atomic E-state index is 0.799. The predicted molar refractivity (Wildman–Crippen MR) is 91.8 cm³/mol. The largest absolute Gasteiger partial charge is 0.497 e. The van der Waals surface area contributed by atoms with Gasteiger partial charge in [0.05, 0.1) is 24.7 Å². The number of hydrogen-bond acceptors (Lipinski definition) is 3. The summed E-state index contributed by atoms with van der Waals surface area (Å²) >= 11 is 0. The Bertz CT molecular complexity index is 719. The molecule has 0 saturated carbocycles. The summed E-state index contributed by atoms with van der Waals surface area (Å²) in [6.45, 7) is 6.29. The molecule has 2 aromatic heterocycles. The van der Waals surface area contributed by atoms with E-state index in [9.17, 15) is 0 Å². The van der Waals surface area contributed by atoms with Crippen molar-refractivity contribution in [2.45, 2.75) is 33.6 Å². The SMILES string of the molecule is CCC/C=C/N=C(C=C(C)C)c1cnc2cc(OC)ccn12. The van der Waals surface area contributed by atoms with Crippen LogP contribution in [0.4, 0.5) is 0 Å². The summed E-state index contributed by atoms with van der Waals surface area (Å²) in [5, 5.41) is 0. The zero-order valence-corrected chi connectivity index (χ0v) is 13.7. The van der Waals surface area contributed by atoms with Gasteiger partial charge in [-0.2, -0.15) is 0 Å². The molecule has 0 fully saturated rings. The molecule has 0 aliphatic heterocycles. The summed E-state index contributed by atoms with van der Waals surface area (Å²) in [5.41, 5.74) is 3.93. The second-order valence-corrected chi connectivity index (χ2v) is 5.35. The summed E-state index contributed by atoms with van der Waals surface area (Å²) in [6, 6.07) is 3.84. The Morgan fingerprint density at radius 3 is 2.91 bits per heavy atom. The standard InChI is InChI=1S/C18H23N3O/c1-5-6-7-9-19-16(11-14(2)3)17-13-20-18-12-15(22-4)8-10-21(17)18/h7-13H,5-6H2,1-4H3/b9-7+,19-16?. The van der Waals surface area contributed by atoms with Gasteiger partial charge in [-0.15, -0.1) is 0 Å². The third kappa shape index (κ3) is 3.85. The molecular weight excluding hydrogens is 274 g/mol. The van der Waals surface area contributed by atoms with Crippen LogP contribution in [-0.2, 0) is 0 Å². The van der Waals surface area contributed by atoms with Crippen molar-refractivity contribution in [1.82, 2.24) is 9.38 Å². The van der Waals surface area contributed by atoms with E-state index in [0.29, 0.717) is 0 Å². The van der Waals surface area contributed by atoms with E-state index in [1.807, 2.05) is 35.1 Å². The maximum atomic E-state index is 5.24. The molecule has 22 heavy (non-hydrogen) atoms. The molecule has 2 heterocycles. The number of fused-ring (bicyclic) bond motifs is 1. The summed E-state index contributed by atoms with van der Waals surface area (Å²) in [7, 11) is 1.66. The number of hydrogen-bond donors (Lipinski definition) is 0. The molecule has 116 valence electrons. The molecule has 0 aliphatic carbocycles. The minimum atomic E-state index is 0.799. The van der Waals surface area contributed by atoms with Crippen molar-refractivity contribution in [3.05, 3.63) is 54.1 Å². The van der Waals surface area contributed by atoms with E-state index in [1.54, 1.807) is 7.11 Å². The van der Waals surface area contributed by atoms with Gasteiger partial charge >= 0.3 is 0 Å². The predicted octanol–water partition coefficient (Wildman–Crippen LogP) is 4.41. The number of allylic oxidation sites excluding steroid dienone is 3. The molecule has 0 unspecified atom stereocenters. The van der Waals surface area contributed by atoms with E-state index in [1.165, 1.54) is 5.57 Å². The summed E-state index contributed by atoms with van der Waals surface area (Å²) < 4.78 is 7.26. The summed E-state index contributed by atoms with van der Waals surface area (Å²) in [6.07, 6.45) is 12.0. The molecule has 0 amide bonds. The zero-order valence-electron chi connectivity index (χ0n) is 13.7. The van der Waals surface area contributed by atoms with Crippen molar-refractivity contribution < 1.29 is 4.74 Å². The number of pyridine rings is 1.